The number of nitrogens with one attached hydrogen (secondary N) is 1. The van der Waals surface area contributed by atoms with Gasteiger partial charge in [-0.25, -0.2) is 0 Å². The highest BCUT2D eigenvalue weighted by molar-refractivity contribution is 7.99. The summed E-state index contributed by atoms with van der Waals surface area (Å²) in [5.41, 5.74) is 2.47. The van der Waals surface area contributed by atoms with Crippen LogP contribution in [0, 0.1) is 6.92 Å². The summed E-state index contributed by atoms with van der Waals surface area (Å²) in [5.74, 6) is 2.15. The highest BCUT2D eigenvalue weighted by Crippen LogP contribution is 2.26. The third-order valence-corrected chi connectivity index (χ3v) is 6.18. The van der Waals surface area contributed by atoms with Gasteiger partial charge < -0.3 is 14.8 Å². The molecule has 1 aromatic heterocycles. The lowest BCUT2D eigenvalue weighted by atomic mass is 10.2. The number of rotatable bonds is 10. The van der Waals surface area contributed by atoms with Crippen molar-refractivity contribution in [3.8, 4) is 17.2 Å². The van der Waals surface area contributed by atoms with Crippen molar-refractivity contribution in [2.24, 2.45) is 0 Å². The molecule has 9 heteroatoms. The van der Waals surface area contributed by atoms with E-state index in [4.69, 9.17) is 21.1 Å². The van der Waals surface area contributed by atoms with Gasteiger partial charge in [-0.1, -0.05) is 41.6 Å². The van der Waals surface area contributed by atoms with Gasteiger partial charge in [0.05, 0.1) is 12.4 Å². The van der Waals surface area contributed by atoms with Gasteiger partial charge in [0.25, 0.3) is 0 Å². The summed E-state index contributed by atoms with van der Waals surface area (Å²) in [5, 5.41) is 12.8. The van der Waals surface area contributed by atoms with E-state index < -0.39 is 0 Å². The van der Waals surface area contributed by atoms with E-state index >= 15 is 0 Å². The first kappa shape index (κ1) is 24.6. The lowest BCUT2D eigenvalue weighted by molar-refractivity contribution is -0.113. The van der Waals surface area contributed by atoms with Crippen molar-refractivity contribution in [2.45, 2.75) is 25.6 Å². The number of aromatic nitrogens is 3. The fourth-order valence-electron chi connectivity index (χ4n) is 3.35. The molecular weight excluding hydrogens is 484 g/mol. The van der Waals surface area contributed by atoms with Gasteiger partial charge in [-0.15, -0.1) is 10.2 Å². The highest BCUT2D eigenvalue weighted by atomic mass is 35.5. The molecule has 35 heavy (non-hydrogen) atoms. The number of ether oxygens (including phenoxy) is 2. The number of benzene rings is 3. The lowest BCUT2D eigenvalue weighted by Crippen LogP contribution is -2.15. The van der Waals surface area contributed by atoms with Gasteiger partial charge in [0.1, 0.15) is 18.1 Å². The van der Waals surface area contributed by atoms with Crippen LogP contribution < -0.4 is 14.8 Å². The number of para-hydroxylation sites is 1. The van der Waals surface area contributed by atoms with E-state index in [2.05, 4.69) is 15.5 Å². The molecule has 1 N–H and O–H groups in total. The zero-order chi connectivity index (χ0) is 24.6. The average Bonchev–Trinajstić information content (AvgIpc) is 3.27. The highest BCUT2D eigenvalue weighted by Gasteiger charge is 2.17. The molecular formula is C26H25ClN4O3S. The predicted molar refractivity (Wildman–Crippen MR) is 139 cm³/mol. The molecule has 7 nitrogen and oxygen atoms in total. The van der Waals surface area contributed by atoms with Crippen LogP contribution >= 0.6 is 23.4 Å². The van der Waals surface area contributed by atoms with E-state index in [9.17, 15) is 4.79 Å². The van der Waals surface area contributed by atoms with Gasteiger partial charge in [0.15, 0.2) is 11.0 Å². The minimum Gasteiger partial charge on any atom is -0.494 e. The molecule has 0 atom stereocenters. The summed E-state index contributed by atoms with van der Waals surface area (Å²) in [4.78, 5) is 12.6. The van der Waals surface area contributed by atoms with Crippen LogP contribution in [-0.4, -0.2) is 33.0 Å². The molecule has 4 rings (SSSR count). The van der Waals surface area contributed by atoms with Crippen LogP contribution in [0.2, 0.25) is 5.02 Å². The number of thioether (sulfide) groups is 1. The summed E-state index contributed by atoms with van der Waals surface area (Å²) in [6, 6.07) is 22.5. The lowest BCUT2D eigenvalue weighted by Gasteiger charge is -2.12. The molecule has 180 valence electrons. The average molecular weight is 509 g/mol. The zero-order valence-corrected chi connectivity index (χ0v) is 21.0. The number of halogens is 1. The monoisotopic (exact) mass is 508 g/mol. The molecule has 0 aliphatic heterocycles. The number of carbonyl (C=O) groups excluding carboxylic acids is 1. The number of anilines is 1. The Kier molecular flexibility index (Phi) is 8.28. The fraction of sp³-hybridized carbons (Fsp3) is 0.192. The molecule has 0 unspecified atom stereocenters. The molecule has 0 fully saturated rings. The molecule has 0 saturated carbocycles. The molecule has 0 saturated heterocycles. The van der Waals surface area contributed by atoms with E-state index in [0.29, 0.717) is 22.6 Å². The summed E-state index contributed by atoms with van der Waals surface area (Å²) in [7, 11) is 0. The van der Waals surface area contributed by atoms with Gasteiger partial charge in [-0.3, -0.25) is 9.36 Å². The van der Waals surface area contributed by atoms with Crippen molar-refractivity contribution in [1.29, 1.82) is 0 Å². The second-order valence-electron chi connectivity index (χ2n) is 7.56. The predicted octanol–water partition coefficient (Wildman–Crippen LogP) is 5.94. The van der Waals surface area contributed by atoms with E-state index in [1.54, 1.807) is 12.1 Å². The fourth-order valence-corrected chi connectivity index (χ4v) is 4.35. The van der Waals surface area contributed by atoms with Crippen molar-refractivity contribution in [2.75, 3.05) is 17.7 Å². The van der Waals surface area contributed by atoms with Crippen LogP contribution in [0.4, 0.5) is 5.69 Å². The zero-order valence-electron chi connectivity index (χ0n) is 19.4. The van der Waals surface area contributed by atoms with E-state index in [-0.39, 0.29) is 18.3 Å². The van der Waals surface area contributed by atoms with Crippen LogP contribution in [-0.2, 0) is 11.4 Å². The summed E-state index contributed by atoms with van der Waals surface area (Å²) < 4.78 is 13.4. The standard InChI is InChI=1S/C26H25ClN4O3S/c1-3-33-22-12-10-20(11-13-22)31-24(16-34-21-7-5-4-6-8-21)29-30-26(31)35-17-25(32)28-23-14-9-19(27)15-18(23)2/h4-15H,3,16-17H2,1-2H3,(H,28,32). The Bertz CT molecular complexity index is 1280. The molecule has 0 spiro atoms. The van der Waals surface area contributed by atoms with E-state index in [0.717, 1.165) is 28.4 Å². The number of aryl methyl sites for hydroxylation is 1. The maximum absolute atomic E-state index is 12.6. The molecule has 1 heterocycles. The number of amides is 1. The van der Waals surface area contributed by atoms with Crippen LogP contribution in [0.3, 0.4) is 0 Å². The first-order valence-corrected chi connectivity index (χ1v) is 12.4. The maximum atomic E-state index is 12.6. The minimum atomic E-state index is -0.149. The van der Waals surface area contributed by atoms with Gasteiger partial charge in [-0.05, 0) is 74.0 Å². The number of carbonyl (C=O) groups is 1. The van der Waals surface area contributed by atoms with E-state index in [1.165, 1.54) is 11.8 Å². The van der Waals surface area contributed by atoms with Gasteiger partial charge >= 0.3 is 0 Å². The Balaban J connectivity index is 1.52. The second kappa shape index (κ2) is 11.8. The topological polar surface area (TPSA) is 78.3 Å². The van der Waals surface area contributed by atoms with Crippen molar-refractivity contribution >= 4 is 35.0 Å². The van der Waals surface area contributed by atoms with E-state index in [1.807, 2.05) is 79.1 Å². The largest absolute Gasteiger partial charge is 0.494 e. The third-order valence-electron chi connectivity index (χ3n) is 5.01. The summed E-state index contributed by atoms with van der Waals surface area (Å²) >= 11 is 7.31. The van der Waals surface area contributed by atoms with Crippen LogP contribution in [0.1, 0.15) is 18.3 Å². The smallest absolute Gasteiger partial charge is 0.234 e. The Morgan fingerprint density at radius 1 is 1.00 bits per heavy atom. The first-order valence-electron chi connectivity index (χ1n) is 11.1. The molecule has 0 aliphatic carbocycles. The van der Waals surface area contributed by atoms with Gasteiger partial charge in [-0.2, -0.15) is 0 Å². The molecule has 3 aromatic carbocycles. The third kappa shape index (κ3) is 6.55. The Labute approximate surface area is 213 Å². The number of hydrogen-bond acceptors (Lipinski definition) is 6. The molecule has 0 bridgehead atoms. The van der Waals surface area contributed by atoms with Crippen molar-refractivity contribution in [3.63, 3.8) is 0 Å². The SMILES string of the molecule is CCOc1ccc(-n2c(COc3ccccc3)nnc2SCC(=O)Nc2ccc(Cl)cc2C)cc1. The van der Waals surface area contributed by atoms with Crippen LogP contribution in [0.15, 0.2) is 78.0 Å². The van der Waals surface area contributed by atoms with Crippen molar-refractivity contribution < 1.29 is 14.3 Å². The van der Waals surface area contributed by atoms with Gasteiger partial charge in [0.2, 0.25) is 5.91 Å². The first-order chi connectivity index (χ1) is 17.0. The van der Waals surface area contributed by atoms with Crippen LogP contribution in [0.25, 0.3) is 5.69 Å². The second-order valence-corrected chi connectivity index (χ2v) is 8.94. The Morgan fingerprint density at radius 3 is 2.46 bits per heavy atom. The summed E-state index contributed by atoms with van der Waals surface area (Å²) in [6.45, 7) is 4.65. The maximum Gasteiger partial charge on any atom is 0.234 e. The Hall–Kier alpha value is -3.49. The quantitative estimate of drug-likeness (QED) is 0.267. The molecule has 1 amide bonds. The number of hydrogen-bond donors (Lipinski definition) is 1. The summed E-state index contributed by atoms with van der Waals surface area (Å²) in [6.07, 6.45) is 0. The molecule has 0 radical (unpaired) electrons. The van der Waals surface area contributed by atoms with Crippen LogP contribution in [0.5, 0.6) is 11.5 Å². The normalized spacial score (nSPS) is 10.7. The van der Waals surface area contributed by atoms with Gasteiger partial charge in [0, 0.05) is 16.4 Å². The Morgan fingerprint density at radius 2 is 1.74 bits per heavy atom. The van der Waals surface area contributed by atoms with Crippen molar-refractivity contribution in [1.82, 2.24) is 14.8 Å². The molecule has 0 aliphatic rings. The van der Waals surface area contributed by atoms with Crippen molar-refractivity contribution in [3.05, 3.63) is 89.2 Å². The number of nitrogens with zero attached hydrogens (tertiary/aromatic N) is 3. The minimum absolute atomic E-state index is 0.149. The molecule has 4 aromatic rings.